The molecule has 1 amide bonds. The molecule has 2 fully saturated rings. The number of β-lactam (4-membered cyclic amide) rings is 1. The molecule has 0 bridgehead atoms. The zero-order valence-electron chi connectivity index (χ0n) is 23.1. The lowest BCUT2D eigenvalue weighted by molar-refractivity contribution is -0.170. The van der Waals surface area contributed by atoms with Gasteiger partial charge >= 0.3 is 5.97 Å². The number of sulfone groups is 1. The summed E-state index contributed by atoms with van der Waals surface area (Å²) in [6, 6.07) is 25.2. The van der Waals surface area contributed by atoms with Crippen LogP contribution >= 0.6 is 0 Å². The van der Waals surface area contributed by atoms with Gasteiger partial charge in [-0.15, -0.1) is 0 Å². The number of nitrogens with zero attached hydrogens (tertiary/aromatic N) is 2. The average Bonchev–Trinajstić information content (AvgIpc) is 3.49. The summed E-state index contributed by atoms with van der Waals surface area (Å²) in [5.74, 6) is -1.93. The van der Waals surface area contributed by atoms with Crippen LogP contribution in [0.1, 0.15) is 55.0 Å². The van der Waals surface area contributed by atoms with Crippen molar-refractivity contribution in [2.75, 3.05) is 0 Å². The largest absolute Gasteiger partial charge is 0.451 e. The van der Waals surface area contributed by atoms with Crippen LogP contribution in [0, 0.1) is 12.8 Å². The lowest BCUT2D eigenvalue weighted by Crippen LogP contribution is -2.64. The van der Waals surface area contributed by atoms with Crippen molar-refractivity contribution in [2.45, 2.75) is 62.0 Å². The van der Waals surface area contributed by atoms with Gasteiger partial charge in [-0.1, -0.05) is 95.6 Å². The second-order valence-electron chi connectivity index (χ2n) is 11.5. The summed E-state index contributed by atoms with van der Waals surface area (Å²) in [6.45, 7) is 5.01. The first-order chi connectivity index (χ1) is 19.6. The number of esters is 1. The molecule has 0 saturated carbocycles. The highest BCUT2D eigenvalue weighted by Gasteiger charge is 2.72. The molecule has 2 saturated heterocycles. The van der Waals surface area contributed by atoms with E-state index in [0.717, 1.165) is 28.0 Å². The maximum atomic E-state index is 13.8. The summed E-state index contributed by atoms with van der Waals surface area (Å²) in [7, 11) is -3.91. The molecule has 6 rings (SSSR count). The summed E-state index contributed by atoms with van der Waals surface area (Å²) >= 11 is 0. The maximum Gasteiger partial charge on any atom is 0.331 e. The van der Waals surface area contributed by atoms with Crippen molar-refractivity contribution in [3.8, 4) is 0 Å². The van der Waals surface area contributed by atoms with Crippen LogP contribution in [-0.4, -0.2) is 53.2 Å². The normalized spacial score (nSPS) is 25.7. The van der Waals surface area contributed by atoms with Crippen LogP contribution in [-0.2, 0) is 29.0 Å². The van der Waals surface area contributed by atoms with Gasteiger partial charge in [0.2, 0.25) is 5.91 Å². The number of hydrogen-bond acceptors (Lipinski definition) is 7. The fourth-order valence-corrected chi connectivity index (χ4v) is 8.45. The van der Waals surface area contributed by atoms with Gasteiger partial charge in [-0.05, 0) is 37.5 Å². The van der Waals surface area contributed by atoms with Gasteiger partial charge in [-0.3, -0.25) is 4.79 Å². The van der Waals surface area contributed by atoms with Crippen LogP contribution in [0.2, 0.25) is 0 Å². The predicted octanol–water partition coefficient (Wildman–Crippen LogP) is 4.57. The van der Waals surface area contributed by atoms with E-state index < -0.39 is 50.1 Å². The highest BCUT2D eigenvalue weighted by Crippen LogP contribution is 2.51. The Morgan fingerprint density at radius 3 is 2.17 bits per heavy atom. The topological polar surface area (TPSA) is 102 Å². The van der Waals surface area contributed by atoms with Crippen molar-refractivity contribution in [1.82, 2.24) is 4.90 Å². The molecule has 0 aromatic heterocycles. The minimum atomic E-state index is -3.91. The zero-order chi connectivity index (χ0) is 28.9. The van der Waals surface area contributed by atoms with E-state index in [-0.39, 0.29) is 12.3 Å². The van der Waals surface area contributed by atoms with E-state index in [2.05, 4.69) is 5.16 Å². The lowest BCUT2D eigenvalue weighted by Gasteiger charge is -2.43. The Kier molecular flexibility index (Phi) is 6.72. The highest BCUT2D eigenvalue weighted by atomic mass is 32.2. The Morgan fingerprint density at radius 2 is 1.59 bits per heavy atom. The van der Waals surface area contributed by atoms with E-state index in [0.29, 0.717) is 6.42 Å². The van der Waals surface area contributed by atoms with Crippen molar-refractivity contribution in [1.29, 1.82) is 0 Å². The van der Waals surface area contributed by atoms with Crippen LogP contribution in [0.4, 0.5) is 0 Å². The summed E-state index contributed by atoms with van der Waals surface area (Å²) in [4.78, 5) is 34.1. The van der Waals surface area contributed by atoms with E-state index in [9.17, 15) is 18.0 Å². The molecule has 3 heterocycles. The third-order valence-corrected chi connectivity index (χ3v) is 11.4. The molecular formula is C32H32N2O6S. The predicted molar refractivity (Wildman–Crippen MR) is 154 cm³/mol. The number of ether oxygens (including phenoxy) is 1. The van der Waals surface area contributed by atoms with Crippen LogP contribution in [0.5, 0.6) is 0 Å². The Morgan fingerprint density at radius 1 is 1.00 bits per heavy atom. The van der Waals surface area contributed by atoms with Gasteiger partial charge in [0.15, 0.2) is 15.9 Å². The lowest BCUT2D eigenvalue weighted by atomic mass is 9.86. The first kappa shape index (κ1) is 27.2. The van der Waals surface area contributed by atoms with Crippen molar-refractivity contribution in [2.24, 2.45) is 11.1 Å². The standard InChI is InChI=1S/C32H32N2O6S/c1-20-14-16-21(17-15-20)26-19-24(40-33-26)18-25-29(35)34-28(32(2,3)41(37,38)30(25)34)31(36)39-27(22-10-6-4-7-11-22)23-12-8-5-9-13-23/h4-17,24-25,27-28,30H,18-19H2,1-3H3/t24-,25-,28+,30+/m1/s1. The monoisotopic (exact) mass is 572 g/mol. The number of benzene rings is 3. The maximum absolute atomic E-state index is 13.8. The van der Waals surface area contributed by atoms with Crippen LogP contribution in [0.15, 0.2) is 90.1 Å². The van der Waals surface area contributed by atoms with Crippen molar-refractivity contribution >= 4 is 27.4 Å². The average molecular weight is 573 g/mol. The van der Waals surface area contributed by atoms with Crippen LogP contribution in [0.25, 0.3) is 0 Å². The van der Waals surface area contributed by atoms with Gasteiger partial charge in [-0.2, -0.15) is 0 Å². The molecule has 212 valence electrons. The first-order valence-electron chi connectivity index (χ1n) is 13.8. The molecule has 4 atom stereocenters. The van der Waals surface area contributed by atoms with Gasteiger partial charge < -0.3 is 14.5 Å². The van der Waals surface area contributed by atoms with Gasteiger partial charge in [0.05, 0.1) is 16.4 Å². The molecule has 3 aliphatic rings. The van der Waals surface area contributed by atoms with E-state index in [1.165, 1.54) is 18.7 Å². The molecule has 0 unspecified atom stereocenters. The second-order valence-corrected chi connectivity index (χ2v) is 14.1. The number of rotatable bonds is 7. The molecule has 0 N–H and O–H groups in total. The molecule has 9 heteroatoms. The molecule has 0 spiro atoms. The zero-order valence-corrected chi connectivity index (χ0v) is 24.0. The molecule has 41 heavy (non-hydrogen) atoms. The van der Waals surface area contributed by atoms with Gasteiger partial charge in [0.1, 0.15) is 17.5 Å². The minimum absolute atomic E-state index is 0.201. The van der Waals surface area contributed by atoms with Crippen molar-refractivity contribution < 1.29 is 27.6 Å². The van der Waals surface area contributed by atoms with E-state index in [1.54, 1.807) is 0 Å². The van der Waals surface area contributed by atoms with Crippen molar-refractivity contribution in [3.63, 3.8) is 0 Å². The Labute approximate surface area is 239 Å². The molecular weight excluding hydrogens is 540 g/mol. The summed E-state index contributed by atoms with van der Waals surface area (Å²) in [6.07, 6.45) is -0.497. The highest BCUT2D eigenvalue weighted by molar-refractivity contribution is 7.93. The second kappa shape index (κ2) is 10.1. The number of fused-ring (bicyclic) bond motifs is 1. The first-order valence-corrected chi connectivity index (χ1v) is 15.3. The third kappa shape index (κ3) is 4.52. The van der Waals surface area contributed by atoms with Gasteiger partial charge in [-0.25, -0.2) is 13.2 Å². The summed E-state index contributed by atoms with van der Waals surface area (Å²) in [5.41, 5.74) is 4.33. The number of hydrogen-bond donors (Lipinski definition) is 0. The Balaban J connectivity index is 1.21. The fraction of sp³-hybridized carbons (Fsp3) is 0.344. The SMILES string of the molecule is Cc1ccc(C2=NO[C@H](C[C@@H]3C(=O)N4[C@@H](C(=O)OC(c5ccccc5)c5ccccc5)C(C)(C)S(=O)(=O)[C@@H]34)C2)cc1. The number of aryl methyl sites for hydroxylation is 1. The molecule has 0 aliphatic carbocycles. The minimum Gasteiger partial charge on any atom is -0.451 e. The van der Waals surface area contributed by atoms with E-state index >= 15 is 0 Å². The van der Waals surface area contributed by atoms with Crippen LogP contribution < -0.4 is 0 Å². The Hall–Kier alpha value is -3.98. The van der Waals surface area contributed by atoms with E-state index in [1.807, 2.05) is 91.9 Å². The smallest absolute Gasteiger partial charge is 0.331 e. The quantitative estimate of drug-likeness (QED) is 0.304. The molecule has 3 aliphatic heterocycles. The van der Waals surface area contributed by atoms with Gasteiger partial charge in [0.25, 0.3) is 0 Å². The molecule has 8 nitrogen and oxygen atoms in total. The number of oxime groups is 1. The van der Waals surface area contributed by atoms with Crippen molar-refractivity contribution in [3.05, 3.63) is 107 Å². The molecule has 3 aromatic rings. The number of carbonyl (C=O) groups excluding carboxylic acids is 2. The van der Waals surface area contributed by atoms with Gasteiger partial charge in [0, 0.05) is 12.8 Å². The summed E-state index contributed by atoms with van der Waals surface area (Å²) in [5, 5.41) is 3.10. The molecule has 0 radical (unpaired) electrons. The fourth-order valence-electron chi connectivity index (χ4n) is 6.13. The Bertz CT molecular complexity index is 1560. The number of carbonyl (C=O) groups is 2. The molecule has 3 aromatic carbocycles. The van der Waals surface area contributed by atoms with Crippen LogP contribution in [0.3, 0.4) is 0 Å². The third-order valence-electron chi connectivity index (χ3n) is 8.47. The summed E-state index contributed by atoms with van der Waals surface area (Å²) < 4.78 is 32.1. The number of amides is 1. The van der Waals surface area contributed by atoms with E-state index in [4.69, 9.17) is 9.57 Å².